The van der Waals surface area contributed by atoms with Crippen LogP contribution in [0.5, 0.6) is 0 Å². The number of hydrogen-bond acceptors (Lipinski definition) is 3. The van der Waals surface area contributed by atoms with Crippen LogP contribution >= 0.6 is 0 Å². The summed E-state index contributed by atoms with van der Waals surface area (Å²) in [6.07, 6.45) is 0.691. The largest absolute Gasteiger partial charge is 0.436 e. The minimum atomic E-state index is -0.951. The van der Waals surface area contributed by atoms with Gasteiger partial charge in [0.2, 0.25) is 6.29 Å². The maximum Gasteiger partial charge on any atom is 0.308 e. The van der Waals surface area contributed by atoms with Crippen molar-refractivity contribution < 1.29 is 14.6 Å². The van der Waals surface area contributed by atoms with E-state index >= 15 is 0 Å². The first kappa shape index (κ1) is 4.59. The molecule has 1 atom stereocenters. The fourth-order valence-corrected chi connectivity index (χ4v) is 0.428. The summed E-state index contributed by atoms with van der Waals surface area (Å²) in [4.78, 5) is 10.0. The average molecular weight is 101 g/mol. The third-order valence-corrected chi connectivity index (χ3v) is 0.738. The van der Waals surface area contributed by atoms with Gasteiger partial charge in [-0.2, -0.15) is 0 Å². The molecule has 1 saturated heterocycles. The predicted molar refractivity (Wildman–Crippen MR) is 21.0 cm³/mol. The number of rotatable bonds is 0. The Hall–Kier alpha value is -0.570. The van der Waals surface area contributed by atoms with E-state index in [0.717, 1.165) is 0 Å². The summed E-state index contributed by atoms with van der Waals surface area (Å²) in [6, 6.07) is 0. The molecule has 0 aromatic heterocycles. The smallest absolute Gasteiger partial charge is 0.308 e. The molecule has 1 aliphatic heterocycles. The second-order valence-corrected chi connectivity index (χ2v) is 1.32. The maximum atomic E-state index is 10.0. The summed E-state index contributed by atoms with van der Waals surface area (Å²) in [5, 5.41) is 8.40. The molecular formula is C4H5O3. The molecule has 1 N–H and O–H groups in total. The standard InChI is InChI=1S/C4H5O3/c5-3-1-2-4(6)7-3/h1,3,5H,2H2. The lowest BCUT2D eigenvalue weighted by molar-refractivity contribution is -0.152. The van der Waals surface area contributed by atoms with E-state index < -0.39 is 6.29 Å². The first-order valence-electron chi connectivity index (χ1n) is 2.00. The van der Waals surface area contributed by atoms with Crippen molar-refractivity contribution in [3.63, 3.8) is 0 Å². The van der Waals surface area contributed by atoms with Crippen LogP contribution in [0.1, 0.15) is 6.42 Å². The fraction of sp³-hybridized carbons (Fsp3) is 0.500. The zero-order valence-corrected chi connectivity index (χ0v) is 3.63. The van der Waals surface area contributed by atoms with Crippen molar-refractivity contribution in [1.29, 1.82) is 0 Å². The summed E-state index contributed by atoms with van der Waals surface area (Å²) in [5.74, 6) is -0.354. The maximum absolute atomic E-state index is 10.0. The topological polar surface area (TPSA) is 46.5 Å². The predicted octanol–water partition coefficient (Wildman–Crippen LogP) is -0.544. The average Bonchev–Trinajstić information content (AvgIpc) is 1.87. The van der Waals surface area contributed by atoms with Crippen LogP contribution in [-0.4, -0.2) is 17.4 Å². The van der Waals surface area contributed by atoms with Crippen LogP contribution < -0.4 is 0 Å². The summed E-state index contributed by atoms with van der Waals surface area (Å²) >= 11 is 0. The molecule has 0 saturated carbocycles. The van der Waals surface area contributed by atoms with Crippen molar-refractivity contribution in [1.82, 2.24) is 0 Å². The first-order chi connectivity index (χ1) is 3.29. The van der Waals surface area contributed by atoms with Gasteiger partial charge in [0.1, 0.15) is 0 Å². The van der Waals surface area contributed by atoms with Crippen LogP contribution in [-0.2, 0) is 9.53 Å². The summed E-state index contributed by atoms with van der Waals surface area (Å²) in [7, 11) is 0. The molecule has 0 aliphatic carbocycles. The highest BCUT2D eigenvalue weighted by atomic mass is 16.6. The number of aliphatic hydroxyl groups is 1. The Balaban J connectivity index is 2.40. The van der Waals surface area contributed by atoms with Gasteiger partial charge in [0.25, 0.3) is 0 Å². The monoisotopic (exact) mass is 101 g/mol. The number of ether oxygens (including phenoxy) is 1. The second kappa shape index (κ2) is 1.50. The molecule has 3 nitrogen and oxygen atoms in total. The second-order valence-electron chi connectivity index (χ2n) is 1.32. The van der Waals surface area contributed by atoms with Crippen molar-refractivity contribution in [2.45, 2.75) is 12.7 Å². The Morgan fingerprint density at radius 1 is 2.00 bits per heavy atom. The van der Waals surface area contributed by atoms with Crippen molar-refractivity contribution >= 4 is 5.97 Å². The molecular weight excluding hydrogens is 96.0 g/mol. The Bertz CT molecular complexity index is 88.9. The van der Waals surface area contributed by atoms with Gasteiger partial charge < -0.3 is 9.84 Å². The molecule has 1 rings (SSSR count). The van der Waals surface area contributed by atoms with Crippen molar-refractivity contribution in [3.8, 4) is 0 Å². The van der Waals surface area contributed by atoms with E-state index in [2.05, 4.69) is 4.74 Å². The van der Waals surface area contributed by atoms with E-state index in [0.29, 0.717) is 0 Å². The number of aliphatic hydroxyl groups excluding tert-OH is 1. The summed E-state index contributed by atoms with van der Waals surface area (Å²) < 4.78 is 4.22. The lowest BCUT2D eigenvalue weighted by Gasteiger charge is -1.94. The molecule has 0 spiro atoms. The molecule has 0 amide bonds. The number of cyclic esters (lactones) is 1. The fourth-order valence-electron chi connectivity index (χ4n) is 0.428. The van der Waals surface area contributed by atoms with Crippen molar-refractivity contribution in [2.24, 2.45) is 0 Å². The van der Waals surface area contributed by atoms with Gasteiger partial charge in [0.15, 0.2) is 0 Å². The van der Waals surface area contributed by atoms with E-state index in [1.807, 2.05) is 0 Å². The van der Waals surface area contributed by atoms with Crippen LogP contribution in [0.4, 0.5) is 0 Å². The third-order valence-electron chi connectivity index (χ3n) is 0.738. The van der Waals surface area contributed by atoms with Crippen LogP contribution in [0, 0.1) is 6.42 Å². The highest BCUT2D eigenvalue weighted by molar-refractivity contribution is 5.73. The Kier molecular flexibility index (Phi) is 0.982. The van der Waals surface area contributed by atoms with E-state index in [-0.39, 0.29) is 12.4 Å². The minimum Gasteiger partial charge on any atom is -0.436 e. The van der Waals surface area contributed by atoms with Gasteiger partial charge in [-0.1, -0.05) is 0 Å². The molecule has 0 aromatic carbocycles. The van der Waals surface area contributed by atoms with Gasteiger partial charge in [0, 0.05) is 6.42 Å². The van der Waals surface area contributed by atoms with E-state index in [4.69, 9.17) is 5.11 Å². The van der Waals surface area contributed by atoms with Gasteiger partial charge in [-0.3, -0.25) is 4.79 Å². The number of esters is 1. The first-order valence-corrected chi connectivity index (χ1v) is 2.00. The van der Waals surface area contributed by atoms with Crippen LogP contribution in [0.3, 0.4) is 0 Å². The van der Waals surface area contributed by atoms with Crippen LogP contribution in [0.15, 0.2) is 0 Å². The molecule has 1 unspecified atom stereocenters. The van der Waals surface area contributed by atoms with Gasteiger partial charge >= 0.3 is 5.97 Å². The van der Waals surface area contributed by atoms with Crippen molar-refractivity contribution in [3.05, 3.63) is 6.42 Å². The molecule has 0 bridgehead atoms. The normalized spacial score (nSPS) is 30.4. The lowest BCUT2D eigenvalue weighted by Crippen LogP contribution is -2.03. The van der Waals surface area contributed by atoms with Gasteiger partial charge in [-0.15, -0.1) is 0 Å². The Morgan fingerprint density at radius 2 is 2.71 bits per heavy atom. The lowest BCUT2D eigenvalue weighted by atomic mass is 10.4. The van der Waals surface area contributed by atoms with Crippen LogP contribution in [0.2, 0.25) is 0 Å². The number of carbonyl (C=O) groups excluding carboxylic acids is 1. The highest BCUT2D eigenvalue weighted by Crippen LogP contribution is 2.07. The molecule has 1 aliphatic rings. The molecule has 1 fully saturated rings. The van der Waals surface area contributed by atoms with Crippen molar-refractivity contribution in [2.75, 3.05) is 0 Å². The molecule has 1 heterocycles. The quantitative estimate of drug-likeness (QED) is 0.417. The minimum absolute atomic E-state index is 0.237. The zero-order valence-electron chi connectivity index (χ0n) is 3.63. The van der Waals surface area contributed by atoms with E-state index in [1.165, 1.54) is 6.42 Å². The number of carbonyl (C=O) groups is 1. The summed E-state index contributed by atoms with van der Waals surface area (Å²) in [5.41, 5.74) is 0. The molecule has 39 valence electrons. The van der Waals surface area contributed by atoms with E-state index in [9.17, 15) is 4.79 Å². The van der Waals surface area contributed by atoms with Gasteiger partial charge in [0.05, 0.1) is 6.42 Å². The zero-order chi connectivity index (χ0) is 5.28. The number of hydrogen-bond donors (Lipinski definition) is 1. The molecule has 3 heteroatoms. The molecule has 7 heavy (non-hydrogen) atoms. The third kappa shape index (κ3) is 0.899. The highest BCUT2D eigenvalue weighted by Gasteiger charge is 2.19. The van der Waals surface area contributed by atoms with E-state index in [1.54, 1.807) is 0 Å². The SMILES string of the molecule is O=C1C[CH]C(O)O1. The van der Waals surface area contributed by atoms with Crippen LogP contribution in [0.25, 0.3) is 0 Å². The summed E-state index contributed by atoms with van der Waals surface area (Å²) in [6.45, 7) is 0. The van der Waals surface area contributed by atoms with Gasteiger partial charge in [-0.05, 0) is 0 Å². The van der Waals surface area contributed by atoms with Gasteiger partial charge in [-0.25, -0.2) is 0 Å². The Labute approximate surface area is 40.9 Å². The molecule has 0 aromatic rings. The molecule has 1 radical (unpaired) electrons. The Morgan fingerprint density at radius 3 is 2.86 bits per heavy atom.